The van der Waals surface area contributed by atoms with Crippen molar-refractivity contribution in [3.8, 4) is 0 Å². The quantitative estimate of drug-likeness (QED) is 0.633. The van der Waals surface area contributed by atoms with Crippen LogP contribution in [0.4, 0.5) is 0 Å². The van der Waals surface area contributed by atoms with Crippen LogP contribution in [0, 0.1) is 0 Å². The third kappa shape index (κ3) is 3.04. The van der Waals surface area contributed by atoms with Gasteiger partial charge in [0.2, 0.25) is 0 Å². The zero-order valence-corrected chi connectivity index (χ0v) is 7.64. The molecule has 6 nitrogen and oxygen atoms in total. The fourth-order valence-corrected chi connectivity index (χ4v) is 1.30. The molecule has 1 aliphatic heterocycles. The standard InChI is InChI=1S/C8H12N2O4/c11-7(12)1-3-10-4-2-9-6(10)5-8(13)14/h1-5H2,(H,11,12)(H,13,14). The first-order valence-corrected chi connectivity index (χ1v) is 4.31. The fourth-order valence-electron chi connectivity index (χ4n) is 1.30. The topological polar surface area (TPSA) is 90.2 Å². The van der Waals surface area contributed by atoms with E-state index in [2.05, 4.69) is 4.99 Å². The Balaban J connectivity index is 2.41. The molecule has 1 heterocycles. The SMILES string of the molecule is O=C(O)CCN1CCN=C1CC(=O)O. The lowest BCUT2D eigenvalue weighted by Gasteiger charge is -2.17. The molecule has 0 radical (unpaired) electrons. The number of amidine groups is 1. The van der Waals surface area contributed by atoms with Crippen LogP contribution in [0.2, 0.25) is 0 Å². The normalized spacial score (nSPS) is 15.4. The van der Waals surface area contributed by atoms with Gasteiger partial charge in [0, 0.05) is 13.1 Å². The van der Waals surface area contributed by atoms with Crippen molar-refractivity contribution in [3.05, 3.63) is 0 Å². The predicted octanol–water partition coefficient (Wildman–Crippen LogP) is -0.350. The van der Waals surface area contributed by atoms with Gasteiger partial charge in [-0.2, -0.15) is 0 Å². The van der Waals surface area contributed by atoms with Crippen molar-refractivity contribution >= 4 is 17.8 Å². The Bertz CT molecular complexity index is 275. The van der Waals surface area contributed by atoms with E-state index in [1.807, 2.05) is 0 Å². The monoisotopic (exact) mass is 200 g/mol. The average Bonchev–Trinajstić information content (AvgIpc) is 2.47. The van der Waals surface area contributed by atoms with Crippen molar-refractivity contribution in [3.63, 3.8) is 0 Å². The lowest BCUT2D eigenvalue weighted by molar-refractivity contribution is -0.137. The van der Waals surface area contributed by atoms with Gasteiger partial charge in [-0.1, -0.05) is 0 Å². The largest absolute Gasteiger partial charge is 0.481 e. The summed E-state index contributed by atoms with van der Waals surface area (Å²) < 4.78 is 0. The second kappa shape index (κ2) is 4.59. The molecule has 6 heteroatoms. The van der Waals surface area contributed by atoms with Gasteiger partial charge in [0.1, 0.15) is 12.3 Å². The van der Waals surface area contributed by atoms with E-state index in [0.717, 1.165) is 0 Å². The molecule has 0 saturated heterocycles. The van der Waals surface area contributed by atoms with E-state index in [-0.39, 0.29) is 12.8 Å². The van der Waals surface area contributed by atoms with Crippen LogP contribution >= 0.6 is 0 Å². The first-order chi connectivity index (χ1) is 6.59. The number of carbonyl (C=O) groups is 2. The minimum atomic E-state index is -0.939. The molecule has 0 aromatic carbocycles. The van der Waals surface area contributed by atoms with Crippen molar-refractivity contribution in [2.24, 2.45) is 4.99 Å². The summed E-state index contributed by atoms with van der Waals surface area (Å²) in [4.78, 5) is 26.4. The highest BCUT2D eigenvalue weighted by molar-refractivity contribution is 5.97. The van der Waals surface area contributed by atoms with Crippen molar-refractivity contribution in [1.82, 2.24) is 4.90 Å². The van der Waals surface area contributed by atoms with Crippen LogP contribution in [0.1, 0.15) is 12.8 Å². The van der Waals surface area contributed by atoms with Crippen molar-refractivity contribution in [2.45, 2.75) is 12.8 Å². The van der Waals surface area contributed by atoms with E-state index in [0.29, 0.717) is 25.5 Å². The lowest BCUT2D eigenvalue weighted by Crippen LogP contribution is -2.31. The second-order valence-corrected chi connectivity index (χ2v) is 3.00. The minimum absolute atomic E-state index is 0.0125. The summed E-state index contributed by atoms with van der Waals surface area (Å²) in [5.74, 6) is -1.34. The molecule has 0 fully saturated rings. The Labute approximate surface area is 80.9 Å². The highest BCUT2D eigenvalue weighted by atomic mass is 16.4. The van der Waals surface area contributed by atoms with Crippen LogP contribution in [0.3, 0.4) is 0 Å². The molecule has 0 aromatic heterocycles. The van der Waals surface area contributed by atoms with Crippen LogP contribution in [-0.2, 0) is 9.59 Å². The van der Waals surface area contributed by atoms with E-state index >= 15 is 0 Å². The summed E-state index contributed by atoms with van der Waals surface area (Å²) in [7, 11) is 0. The molecular weight excluding hydrogens is 188 g/mol. The van der Waals surface area contributed by atoms with Gasteiger partial charge in [-0.3, -0.25) is 14.6 Å². The van der Waals surface area contributed by atoms with Gasteiger partial charge in [-0.25, -0.2) is 0 Å². The van der Waals surface area contributed by atoms with Crippen LogP contribution in [0.25, 0.3) is 0 Å². The van der Waals surface area contributed by atoms with Crippen LogP contribution < -0.4 is 0 Å². The third-order valence-corrected chi connectivity index (χ3v) is 1.93. The summed E-state index contributed by atoms with van der Waals surface area (Å²) in [6, 6.07) is 0. The second-order valence-electron chi connectivity index (χ2n) is 3.00. The Morgan fingerprint density at radius 2 is 2.07 bits per heavy atom. The highest BCUT2D eigenvalue weighted by Crippen LogP contribution is 2.05. The predicted molar refractivity (Wildman–Crippen MR) is 48.4 cm³/mol. The maximum absolute atomic E-state index is 10.4. The van der Waals surface area contributed by atoms with Gasteiger partial charge < -0.3 is 15.1 Å². The number of rotatable bonds is 5. The number of carboxylic acids is 2. The molecule has 0 unspecified atom stereocenters. The van der Waals surface area contributed by atoms with Crippen LogP contribution in [0.15, 0.2) is 4.99 Å². The Hall–Kier alpha value is -1.59. The van der Waals surface area contributed by atoms with Gasteiger partial charge in [0.05, 0.1) is 13.0 Å². The summed E-state index contributed by atoms with van der Waals surface area (Å²) in [5, 5.41) is 17.0. The lowest BCUT2D eigenvalue weighted by atomic mass is 10.3. The molecule has 0 amide bonds. The van der Waals surface area contributed by atoms with Crippen LogP contribution in [-0.4, -0.2) is 52.5 Å². The Morgan fingerprint density at radius 3 is 2.64 bits per heavy atom. The summed E-state index contributed by atoms with van der Waals surface area (Å²) in [6.45, 7) is 1.51. The molecule has 0 aromatic rings. The summed E-state index contributed by atoms with van der Waals surface area (Å²) in [6.07, 6.45) is -0.113. The van der Waals surface area contributed by atoms with E-state index in [4.69, 9.17) is 10.2 Å². The molecule has 0 spiro atoms. The van der Waals surface area contributed by atoms with E-state index in [1.54, 1.807) is 4.90 Å². The van der Waals surface area contributed by atoms with E-state index in [9.17, 15) is 9.59 Å². The summed E-state index contributed by atoms with van der Waals surface area (Å²) in [5.41, 5.74) is 0. The molecule has 0 saturated carbocycles. The number of nitrogens with zero attached hydrogens (tertiary/aromatic N) is 2. The number of aliphatic imine (C=N–C) groups is 1. The molecule has 0 aliphatic carbocycles. The van der Waals surface area contributed by atoms with Gasteiger partial charge >= 0.3 is 11.9 Å². The molecular formula is C8H12N2O4. The Kier molecular flexibility index (Phi) is 3.44. The highest BCUT2D eigenvalue weighted by Gasteiger charge is 2.19. The zero-order valence-electron chi connectivity index (χ0n) is 7.64. The molecule has 78 valence electrons. The molecule has 1 rings (SSSR count). The first kappa shape index (κ1) is 10.5. The average molecular weight is 200 g/mol. The Morgan fingerprint density at radius 1 is 1.36 bits per heavy atom. The van der Waals surface area contributed by atoms with Crippen LogP contribution in [0.5, 0.6) is 0 Å². The number of aliphatic carboxylic acids is 2. The van der Waals surface area contributed by atoms with E-state index < -0.39 is 11.9 Å². The molecule has 1 aliphatic rings. The van der Waals surface area contributed by atoms with E-state index in [1.165, 1.54) is 0 Å². The molecule has 2 N–H and O–H groups in total. The van der Waals surface area contributed by atoms with Gasteiger partial charge in [0.25, 0.3) is 0 Å². The zero-order chi connectivity index (χ0) is 10.6. The molecule has 0 bridgehead atoms. The minimum Gasteiger partial charge on any atom is -0.481 e. The maximum atomic E-state index is 10.4. The summed E-state index contributed by atoms with van der Waals surface area (Å²) >= 11 is 0. The van der Waals surface area contributed by atoms with Gasteiger partial charge in [-0.05, 0) is 0 Å². The number of carboxylic acid groups (broad SMARTS) is 2. The maximum Gasteiger partial charge on any atom is 0.310 e. The van der Waals surface area contributed by atoms with Crippen molar-refractivity contribution < 1.29 is 19.8 Å². The molecule has 0 atom stereocenters. The van der Waals surface area contributed by atoms with Crippen molar-refractivity contribution in [1.29, 1.82) is 0 Å². The van der Waals surface area contributed by atoms with Gasteiger partial charge in [-0.15, -0.1) is 0 Å². The number of hydrogen-bond donors (Lipinski definition) is 2. The smallest absolute Gasteiger partial charge is 0.310 e. The third-order valence-electron chi connectivity index (χ3n) is 1.93. The fraction of sp³-hybridized carbons (Fsp3) is 0.625. The van der Waals surface area contributed by atoms with Gasteiger partial charge in [0.15, 0.2) is 0 Å². The van der Waals surface area contributed by atoms with Crippen molar-refractivity contribution in [2.75, 3.05) is 19.6 Å². The number of hydrogen-bond acceptors (Lipinski definition) is 4. The molecule has 14 heavy (non-hydrogen) atoms. The first-order valence-electron chi connectivity index (χ1n) is 4.31.